The van der Waals surface area contributed by atoms with Gasteiger partial charge in [0.15, 0.2) is 9.84 Å². The zero-order valence-corrected chi connectivity index (χ0v) is 16.3. The number of aromatic nitrogens is 2. The Hall–Kier alpha value is -1.90. The lowest BCUT2D eigenvalue weighted by Crippen LogP contribution is -2.19. The molecule has 1 aliphatic heterocycles. The molecule has 0 unspecified atom stereocenters. The van der Waals surface area contributed by atoms with Crippen LogP contribution in [0, 0.1) is 6.92 Å². The Bertz CT molecular complexity index is 1120. The van der Waals surface area contributed by atoms with E-state index < -0.39 is 9.84 Å². The molecule has 1 aromatic carbocycles. The van der Waals surface area contributed by atoms with Gasteiger partial charge in [-0.2, -0.15) is 5.10 Å². The topological polar surface area (TPSA) is 81.1 Å². The van der Waals surface area contributed by atoms with Crippen molar-refractivity contribution in [3.05, 3.63) is 45.9 Å². The summed E-state index contributed by atoms with van der Waals surface area (Å²) < 4.78 is 26.1. The second kappa shape index (κ2) is 6.37. The summed E-state index contributed by atoms with van der Waals surface area (Å²) in [6.07, 6.45) is 0.496. The van der Waals surface area contributed by atoms with Gasteiger partial charge in [-0.15, -0.1) is 11.3 Å². The van der Waals surface area contributed by atoms with Gasteiger partial charge in [0, 0.05) is 16.2 Å². The molecule has 26 heavy (non-hydrogen) atoms. The standard InChI is InChI=1S/C17H16ClN3O3S2/c1-10-8-14(21(20-10)11-6-7-26(23,24)9-11)19-17(22)16-15(18)12-4-2-3-5-13(12)25-16/h2-5,8,11H,6-7,9H2,1H3,(H,19,22)/t11-/m0/s1. The van der Waals surface area contributed by atoms with Gasteiger partial charge in [-0.3, -0.25) is 4.79 Å². The average Bonchev–Trinajstić information content (AvgIpc) is 3.23. The molecule has 3 aromatic rings. The molecule has 0 radical (unpaired) electrons. The lowest BCUT2D eigenvalue weighted by molar-refractivity contribution is 0.102. The Morgan fingerprint density at radius 2 is 2.15 bits per heavy atom. The first-order valence-electron chi connectivity index (χ1n) is 8.09. The third-order valence-electron chi connectivity index (χ3n) is 4.39. The van der Waals surface area contributed by atoms with Crippen molar-refractivity contribution in [3.63, 3.8) is 0 Å². The fraction of sp³-hybridized carbons (Fsp3) is 0.294. The number of amides is 1. The highest BCUT2D eigenvalue weighted by Crippen LogP contribution is 2.36. The van der Waals surface area contributed by atoms with Crippen molar-refractivity contribution < 1.29 is 13.2 Å². The fourth-order valence-corrected chi connectivity index (χ4v) is 6.29. The molecule has 6 nitrogen and oxygen atoms in total. The van der Waals surface area contributed by atoms with E-state index in [9.17, 15) is 13.2 Å². The van der Waals surface area contributed by atoms with E-state index >= 15 is 0 Å². The number of thiophene rings is 1. The molecule has 0 bridgehead atoms. The number of benzene rings is 1. The van der Waals surface area contributed by atoms with Crippen molar-refractivity contribution in [2.45, 2.75) is 19.4 Å². The van der Waals surface area contributed by atoms with Gasteiger partial charge in [-0.1, -0.05) is 29.8 Å². The number of hydrogen-bond donors (Lipinski definition) is 1. The molecule has 2 aromatic heterocycles. The molecule has 9 heteroatoms. The zero-order valence-electron chi connectivity index (χ0n) is 13.9. The van der Waals surface area contributed by atoms with Crippen LogP contribution in [0.4, 0.5) is 5.82 Å². The number of carbonyl (C=O) groups excluding carboxylic acids is 1. The van der Waals surface area contributed by atoms with Gasteiger partial charge < -0.3 is 5.32 Å². The van der Waals surface area contributed by atoms with Crippen molar-refractivity contribution in [1.82, 2.24) is 9.78 Å². The number of nitrogens with zero attached hydrogens (tertiary/aromatic N) is 2. The van der Waals surface area contributed by atoms with Gasteiger partial charge in [0.1, 0.15) is 10.7 Å². The highest BCUT2D eigenvalue weighted by Gasteiger charge is 2.31. The van der Waals surface area contributed by atoms with Crippen LogP contribution in [-0.2, 0) is 9.84 Å². The molecule has 4 rings (SSSR count). The minimum atomic E-state index is -3.05. The van der Waals surface area contributed by atoms with Crippen LogP contribution in [-0.4, -0.2) is 35.6 Å². The number of carbonyl (C=O) groups is 1. The molecule has 0 aliphatic carbocycles. The smallest absolute Gasteiger partial charge is 0.268 e. The van der Waals surface area contributed by atoms with Crippen molar-refractivity contribution in [2.75, 3.05) is 16.8 Å². The Morgan fingerprint density at radius 1 is 1.38 bits per heavy atom. The number of nitrogens with one attached hydrogen (secondary N) is 1. The number of halogens is 1. The summed E-state index contributed by atoms with van der Waals surface area (Å²) >= 11 is 7.70. The summed E-state index contributed by atoms with van der Waals surface area (Å²) in [6.45, 7) is 1.81. The van der Waals surface area contributed by atoms with Gasteiger partial charge in [0.2, 0.25) is 0 Å². The summed E-state index contributed by atoms with van der Waals surface area (Å²) in [5, 5.41) is 8.49. The molecule has 1 saturated heterocycles. The maximum atomic E-state index is 12.8. The molecule has 0 saturated carbocycles. The first kappa shape index (κ1) is 17.5. The largest absolute Gasteiger partial charge is 0.306 e. The Kier molecular flexibility index (Phi) is 4.29. The number of fused-ring (bicyclic) bond motifs is 1. The maximum Gasteiger partial charge on any atom is 0.268 e. The third kappa shape index (κ3) is 3.13. The predicted molar refractivity (Wildman–Crippen MR) is 104 cm³/mol. The highest BCUT2D eigenvalue weighted by molar-refractivity contribution is 7.91. The summed E-state index contributed by atoms with van der Waals surface area (Å²) in [5.41, 5.74) is 0.715. The van der Waals surface area contributed by atoms with Crippen LogP contribution in [0.15, 0.2) is 30.3 Å². The van der Waals surface area contributed by atoms with Gasteiger partial charge >= 0.3 is 0 Å². The molecular weight excluding hydrogens is 394 g/mol. The van der Waals surface area contributed by atoms with Crippen LogP contribution < -0.4 is 5.32 Å². The van der Waals surface area contributed by atoms with E-state index in [0.29, 0.717) is 27.8 Å². The number of hydrogen-bond acceptors (Lipinski definition) is 5. The average molecular weight is 410 g/mol. The van der Waals surface area contributed by atoms with Gasteiger partial charge in [-0.05, 0) is 19.4 Å². The first-order chi connectivity index (χ1) is 12.3. The molecule has 1 amide bonds. The van der Waals surface area contributed by atoms with Crippen molar-refractivity contribution >= 4 is 54.6 Å². The van der Waals surface area contributed by atoms with E-state index in [4.69, 9.17) is 11.6 Å². The Balaban J connectivity index is 1.65. The van der Waals surface area contributed by atoms with Crippen LogP contribution in [0.25, 0.3) is 10.1 Å². The van der Waals surface area contributed by atoms with Crippen LogP contribution in [0.1, 0.15) is 27.8 Å². The number of rotatable bonds is 3. The molecule has 1 fully saturated rings. The highest BCUT2D eigenvalue weighted by atomic mass is 35.5. The van der Waals surface area contributed by atoms with Gasteiger partial charge in [0.25, 0.3) is 5.91 Å². The quantitative estimate of drug-likeness (QED) is 0.715. The van der Waals surface area contributed by atoms with E-state index in [0.717, 1.165) is 10.1 Å². The third-order valence-corrected chi connectivity index (χ3v) is 7.82. The van der Waals surface area contributed by atoms with Crippen molar-refractivity contribution in [2.24, 2.45) is 0 Å². The van der Waals surface area contributed by atoms with Crippen LogP contribution in [0.2, 0.25) is 5.02 Å². The summed E-state index contributed by atoms with van der Waals surface area (Å²) in [7, 11) is -3.05. The Morgan fingerprint density at radius 3 is 2.85 bits per heavy atom. The molecule has 1 N–H and O–H groups in total. The predicted octanol–water partition coefficient (Wildman–Crippen LogP) is 3.67. The first-order valence-corrected chi connectivity index (χ1v) is 11.1. The van der Waals surface area contributed by atoms with Crippen molar-refractivity contribution in [1.29, 1.82) is 0 Å². The Labute approximate surface area is 159 Å². The molecular formula is C17H16ClN3O3S2. The lowest BCUT2D eigenvalue weighted by Gasteiger charge is -2.13. The normalized spacial score (nSPS) is 19.1. The molecule has 1 atom stereocenters. The number of anilines is 1. The van der Waals surface area contributed by atoms with E-state index in [2.05, 4.69) is 10.4 Å². The van der Waals surface area contributed by atoms with Crippen molar-refractivity contribution in [3.8, 4) is 0 Å². The van der Waals surface area contributed by atoms with E-state index in [1.807, 2.05) is 31.2 Å². The van der Waals surface area contributed by atoms with E-state index in [1.165, 1.54) is 11.3 Å². The van der Waals surface area contributed by atoms with Gasteiger partial charge in [-0.25, -0.2) is 13.1 Å². The molecule has 0 spiro atoms. The minimum Gasteiger partial charge on any atom is -0.306 e. The summed E-state index contributed by atoms with van der Waals surface area (Å²) in [4.78, 5) is 13.2. The zero-order chi connectivity index (χ0) is 18.5. The second-order valence-electron chi connectivity index (χ2n) is 6.37. The SMILES string of the molecule is Cc1cc(NC(=O)c2sc3ccccc3c2Cl)n([C@H]2CCS(=O)(=O)C2)n1. The molecule has 136 valence electrons. The number of aryl methyl sites for hydroxylation is 1. The maximum absolute atomic E-state index is 12.8. The summed E-state index contributed by atoms with van der Waals surface area (Å²) in [6, 6.07) is 9.05. The lowest BCUT2D eigenvalue weighted by atomic mass is 10.2. The van der Waals surface area contributed by atoms with Crippen LogP contribution in [0.3, 0.4) is 0 Å². The fourth-order valence-electron chi connectivity index (χ4n) is 3.19. The van der Waals surface area contributed by atoms with Gasteiger partial charge in [0.05, 0.1) is 28.3 Å². The molecule has 1 aliphatic rings. The van der Waals surface area contributed by atoms with Crippen LogP contribution in [0.5, 0.6) is 0 Å². The molecule has 3 heterocycles. The number of sulfone groups is 1. The van der Waals surface area contributed by atoms with E-state index in [1.54, 1.807) is 10.7 Å². The van der Waals surface area contributed by atoms with E-state index in [-0.39, 0.29) is 23.5 Å². The monoisotopic (exact) mass is 409 g/mol. The van der Waals surface area contributed by atoms with Crippen LogP contribution >= 0.6 is 22.9 Å². The second-order valence-corrected chi connectivity index (χ2v) is 10.0. The minimum absolute atomic E-state index is 0.0423. The summed E-state index contributed by atoms with van der Waals surface area (Å²) in [5.74, 6) is 0.355.